The van der Waals surface area contributed by atoms with Crippen LogP contribution in [0.25, 0.3) is 5.82 Å². The number of hydrogen-bond donors (Lipinski definition) is 2. The van der Waals surface area contributed by atoms with E-state index < -0.39 is 10.8 Å². The highest BCUT2D eigenvalue weighted by Gasteiger charge is 2.24. The van der Waals surface area contributed by atoms with Crippen molar-refractivity contribution in [2.24, 2.45) is 5.10 Å². The Bertz CT molecular complexity index is 1370. The second-order valence-electron chi connectivity index (χ2n) is 6.54. The minimum atomic E-state index is -0.662. The number of amides is 1. The molecule has 2 aromatic carbocycles. The van der Waals surface area contributed by atoms with Gasteiger partial charge in [0.2, 0.25) is 11.6 Å². The molecule has 172 valence electrons. The molecule has 0 fully saturated rings. The standard InChI is InChI=1S/C19H14ClN9O4S/c20-13-7-6-11(8-14(13)29(31)32)9-22-24-19(30)16-15(10-34-12-4-2-1-3-5-12)28(27-23-16)18-17(21)25-33-26-18/h1-9H,10H2,(H2,21,25)(H,24,30)/b22-9-. The van der Waals surface area contributed by atoms with Crippen molar-refractivity contribution in [2.45, 2.75) is 10.6 Å². The van der Waals surface area contributed by atoms with Crippen LogP contribution in [0.3, 0.4) is 0 Å². The van der Waals surface area contributed by atoms with Gasteiger partial charge in [-0.1, -0.05) is 41.1 Å². The first-order chi connectivity index (χ1) is 16.4. The van der Waals surface area contributed by atoms with E-state index in [2.05, 4.69) is 35.8 Å². The van der Waals surface area contributed by atoms with Crippen molar-refractivity contribution in [3.8, 4) is 5.82 Å². The van der Waals surface area contributed by atoms with Gasteiger partial charge < -0.3 is 5.73 Å². The van der Waals surface area contributed by atoms with Crippen molar-refractivity contribution < 1.29 is 14.3 Å². The summed E-state index contributed by atoms with van der Waals surface area (Å²) in [4.78, 5) is 24.2. The first-order valence-corrected chi connectivity index (χ1v) is 10.8. The van der Waals surface area contributed by atoms with Crippen molar-refractivity contribution in [3.05, 3.63) is 80.6 Å². The lowest BCUT2D eigenvalue weighted by atomic mass is 10.2. The van der Waals surface area contributed by atoms with Gasteiger partial charge in [0.15, 0.2) is 5.69 Å². The van der Waals surface area contributed by atoms with Crippen LogP contribution in [0.2, 0.25) is 5.02 Å². The van der Waals surface area contributed by atoms with Crippen LogP contribution in [-0.4, -0.2) is 42.4 Å². The second kappa shape index (κ2) is 10.1. The number of carbonyl (C=O) groups is 1. The van der Waals surface area contributed by atoms with Crippen molar-refractivity contribution in [3.63, 3.8) is 0 Å². The van der Waals surface area contributed by atoms with Crippen LogP contribution in [-0.2, 0) is 5.75 Å². The summed E-state index contributed by atoms with van der Waals surface area (Å²) in [6, 6.07) is 13.6. The Hall–Kier alpha value is -4.30. The molecule has 15 heteroatoms. The first kappa shape index (κ1) is 22.9. The molecule has 2 aromatic heterocycles. The summed E-state index contributed by atoms with van der Waals surface area (Å²) < 4.78 is 5.90. The van der Waals surface area contributed by atoms with E-state index >= 15 is 0 Å². The number of nitro benzene ring substituents is 1. The molecule has 13 nitrogen and oxygen atoms in total. The average Bonchev–Trinajstić information content (AvgIpc) is 3.44. The van der Waals surface area contributed by atoms with E-state index in [-0.39, 0.29) is 28.0 Å². The first-order valence-electron chi connectivity index (χ1n) is 9.42. The number of hydrazone groups is 1. The van der Waals surface area contributed by atoms with E-state index in [9.17, 15) is 14.9 Å². The van der Waals surface area contributed by atoms with Crippen molar-refractivity contribution >= 4 is 47.0 Å². The van der Waals surface area contributed by atoms with Gasteiger partial charge in [-0.05, 0) is 28.5 Å². The zero-order chi connectivity index (χ0) is 24.1. The largest absolute Gasteiger partial charge is 0.378 e. The average molecular weight is 500 g/mol. The smallest absolute Gasteiger partial charge is 0.293 e. The number of anilines is 1. The van der Waals surface area contributed by atoms with Crippen LogP contribution in [0, 0.1) is 10.1 Å². The van der Waals surface area contributed by atoms with E-state index in [1.807, 2.05) is 30.3 Å². The maximum Gasteiger partial charge on any atom is 0.293 e. The molecule has 34 heavy (non-hydrogen) atoms. The third kappa shape index (κ3) is 5.02. The van der Waals surface area contributed by atoms with Gasteiger partial charge in [0.1, 0.15) is 5.02 Å². The molecule has 0 spiro atoms. The van der Waals surface area contributed by atoms with Crippen LogP contribution < -0.4 is 11.2 Å². The summed E-state index contributed by atoms with van der Waals surface area (Å²) in [5, 5.41) is 30.0. The SMILES string of the molecule is Nc1nonc1-n1nnc(C(=O)N/N=C\c2ccc(Cl)c([N+](=O)[O-])c2)c1CSc1ccccc1. The number of nitrogens with two attached hydrogens (primary N) is 1. The number of nitrogens with one attached hydrogen (secondary N) is 1. The van der Waals surface area contributed by atoms with Gasteiger partial charge in [-0.15, -0.1) is 16.9 Å². The number of nitrogens with zero attached hydrogens (tertiary/aromatic N) is 7. The Balaban J connectivity index is 1.56. The lowest BCUT2D eigenvalue weighted by Crippen LogP contribution is -2.20. The minimum Gasteiger partial charge on any atom is -0.378 e. The Morgan fingerprint density at radius 1 is 1.29 bits per heavy atom. The summed E-state index contributed by atoms with van der Waals surface area (Å²) >= 11 is 7.24. The highest BCUT2D eigenvalue weighted by Crippen LogP contribution is 2.26. The number of aromatic nitrogens is 5. The predicted octanol–water partition coefficient (Wildman–Crippen LogP) is 2.85. The molecule has 0 aliphatic heterocycles. The number of carbonyl (C=O) groups excluding carboxylic acids is 1. The number of nitrogen functional groups attached to an aromatic ring is 1. The number of rotatable bonds is 8. The zero-order valence-corrected chi connectivity index (χ0v) is 18.6. The Morgan fingerprint density at radius 3 is 2.79 bits per heavy atom. The molecule has 2 heterocycles. The second-order valence-corrected chi connectivity index (χ2v) is 7.99. The van der Waals surface area contributed by atoms with E-state index in [0.717, 1.165) is 4.90 Å². The van der Waals surface area contributed by atoms with Crippen LogP contribution in [0.5, 0.6) is 0 Å². The number of nitro groups is 1. The van der Waals surface area contributed by atoms with Crippen LogP contribution in [0.1, 0.15) is 21.7 Å². The highest BCUT2D eigenvalue weighted by molar-refractivity contribution is 7.98. The lowest BCUT2D eigenvalue weighted by Gasteiger charge is -2.05. The van der Waals surface area contributed by atoms with E-state index in [1.54, 1.807) is 0 Å². The molecule has 1 amide bonds. The molecule has 0 atom stereocenters. The third-order valence-corrected chi connectivity index (χ3v) is 5.68. The molecule has 0 radical (unpaired) electrons. The molecule has 0 bridgehead atoms. The molecule has 0 aliphatic carbocycles. The summed E-state index contributed by atoms with van der Waals surface area (Å²) in [5.74, 6) is -0.305. The van der Waals surface area contributed by atoms with Crippen molar-refractivity contribution in [1.82, 2.24) is 30.7 Å². The maximum absolute atomic E-state index is 12.8. The highest BCUT2D eigenvalue weighted by atomic mass is 35.5. The van der Waals surface area contributed by atoms with Gasteiger partial charge in [0.25, 0.3) is 11.6 Å². The molecular formula is C19H14ClN9O4S. The fraction of sp³-hybridized carbons (Fsp3) is 0.0526. The van der Waals surface area contributed by atoms with Gasteiger partial charge in [0.05, 0.1) is 16.8 Å². The van der Waals surface area contributed by atoms with E-state index in [0.29, 0.717) is 17.0 Å². The molecule has 0 unspecified atom stereocenters. The summed E-state index contributed by atoms with van der Waals surface area (Å²) in [6.07, 6.45) is 1.24. The van der Waals surface area contributed by atoms with Crippen LogP contribution in [0.15, 0.2) is 63.2 Å². The van der Waals surface area contributed by atoms with E-state index in [4.69, 9.17) is 17.3 Å². The summed E-state index contributed by atoms with van der Waals surface area (Å²) in [7, 11) is 0. The third-order valence-electron chi connectivity index (χ3n) is 4.34. The van der Waals surface area contributed by atoms with Gasteiger partial charge >= 0.3 is 0 Å². The lowest BCUT2D eigenvalue weighted by molar-refractivity contribution is -0.384. The Morgan fingerprint density at radius 2 is 2.09 bits per heavy atom. The van der Waals surface area contributed by atoms with Gasteiger partial charge in [-0.3, -0.25) is 14.9 Å². The van der Waals surface area contributed by atoms with Gasteiger partial charge in [0, 0.05) is 22.3 Å². The van der Waals surface area contributed by atoms with Crippen LogP contribution in [0.4, 0.5) is 11.5 Å². The summed E-state index contributed by atoms with van der Waals surface area (Å²) in [5.41, 5.74) is 8.55. The molecule has 0 saturated heterocycles. The quantitative estimate of drug-likeness (QED) is 0.158. The normalized spacial score (nSPS) is 11.1. The van der Waals surface area contributed by atoms with E-state index in [1.165, 1.54) is 40.9 Å². The minimum absolute atomic E-state index is 0.00928. The maximum atomic E-state index is 12.8. The zero-order valence-electron chi connectivity index (χ0n) is 17.0. The molecule has 0 aliphatic rings. The fourth-order valence-electron chi connectivity index (χ4n) is 2.75. The van der Waals surface area contributed by atoms with Gasteiger partial charge in [-0.2, -0.15) is 9.78 Å². The number of halogens is 1. The molecule has 0 saturated carbocycles. The Labute approximate surface area is 200 Å². The Kier molecular flexibility index (Phi) is 6.79. The van der Waals surface area contributed by atoms with Crippen LogP contribution >= 0.6 is 23.4 Å². The summed E-state index contributed by atoms with van der Waals surface area (Å²) in [6.45, 7) is 0. The van der Waals surface area contributed by atoms with Crippen molar-refractivity contribution in [2.75, 3.05) is 5.73 Å². The molecule has 4 rings (SSSR count). The molecular weight excluding hydrogens is 486 g/mol. The van der Waals surface area contributed by atoms with Gasteiger partial charge in [-0.25, -0.2) is 10.1 Å². The topological polar surface area (TPSA) is 180 Å². The molecule has 4 aromatic rings. The predicted molar refractivity (Wildman–Crippen MR) is 123 cm³/mol. The van der Waals surface area contributed by atoms with Crippen molar-refractivity contribution in [1.29, 1.82) is 0 Å². The number of thioether (sulfide) groups is 1. The number of benzene rings is 2. The molecule has 3 N–H and O–H groups in total. The monoisotopic (exact) mass is 499 g/mol. The fourth-order valence-corrected chi connectivity index (χ4v) is 3.85. The number of hydrogen-bond acceptors (Lipinski definition) is 11.